The summed E-state index contributed by atoms with van der Waals surface area (Å²) in [6, 6.07) is 4.54. The summed E-state index contributed by atoms with van der Waals surface area (Å²) in [6.45, 7) is 1.94. The average Bonchev–Trinajstić information content (AvgIpc) is 2.13. The minimum Gasteiger partial charge on any atom is -0.316 e. The van der Waals surface area contributed by atoms with Crippen molar-refractivity contribution in [3.8, 4) is 0 Å². The SMILES string of the molecule is CC[C@@H](NO)c1ccc(F)c(Br)c1. The van der Waals surface area contributed by atoms with Gasteiger partial charge in [0.1, 0.15) is 5.82 Å². The third-order valence-electron chi connectivity index (χ3n) is 1.91. The Morgan fingerprint density at radius 3 is 2.77 bits per heavy atom. The Balaban J connectivity index is 2.95. The van der Waals surface area contributed by atoms with E-state index < -0.39 is 0 Å². The lowest BCUT2D eigenvalue weighted by Crippen LogP contribution is -2.15. The second-order valence-electron chi connectivity index (χ2n) is 2.76. The number of hydrogen-bond donors (Lipinski definition) is 2. The normalized spacial score (nSPS) is 12.9. The fraction of sp³-hybridized carbons (Fsp3) is 0.333. The standard InChI is InChI=1S/C9H11BrFNO/c1-2-9(12-13)6-3-4-8(11)7(10)5-6/h3-5,9,12-13H,2H2,1H3/t9-/m1/s1. The molecule has 0 aliphatic rings. The molecule has 1 aromatic carbocycles. The fourth-order valence-electron chi connectivity index (χ4n) is 1.13. The van der Waals surface area contributed by atoms with Crippen molar-refractivity contribution in [3.63, 3.8) is 0 Å². The largest absolute Gasteiger partial charge is 0.316 e. The van der Waals surface area contributed by atoms with Gasteiger partial charge in [-0.3, -0.25) is 0 Å². The third-order valence-corrected chi connectivity index (χ3v) is 2.52. The van der Waals surface area contributed by atoms with Gasteiger partial charge in [0.2, 0.25) is 0 Å². The quantitative estimate of drug-likeness (QED) is 0.806. The molecule has 2 nitrogen and oxygen atoms in total. The molecule has 2 N–H and O–H groups in total. The zero-order chi connectivity index (χ0) is 9.84. The van der Waals surface area contributed by atoms with Crippen molar-refractivity contribution in [2.75, 3.05) is 0 Å². The molecule has 72 valence electrons. The monoisotopic (exact) mass is 247 g/mol. The van der Waals surface area contributed by atoms with Crippen LogP contribution < -0.4 is 5.48 Å². The Kier molecular flexibility index (Phi) is 3.84. The predicted octanol–water partition coefficient (Wildman–Crippen LogP) is 3.02. The van der Waals surface area contributed by atoms with Crippen molar-refractivity contribution in [2.45, 2.75) is 19.4 Å². The molecule has 0 saturated carbocycles. The molecular weight excluding hydrogens is 237 g/mol. The Morgan fingerprint density at radius 1 is 1.62 bits per heavy atom. The highest BCUT2D eigenvalue weighted by molar-refractivity contribution is 9.10. The first-order valence-corrected chi connectivity index (χ1v) is 4.83. The molecule has 1 atom stereocenters. The molecule has 13 heavy (non-hydrogen) atoms. The lowest BCUT2D eigenvalue weighted by atomic mass is 10.1. The van der Waals surface area contributed by atoms with Gasteiger partial charge in [-0.25, -0.2) is 4.39 Å². The van der Waals surface area contributed by atoms with Gasteiger partial charge in [0.15, 0.2) is 0 Å². The molecule has 0 saturated heterocycles. The second kappa shape index (κ2) is 4.69. The third kappa shape index (κ3) is 2.49. The Hall–Kier alpha value is -0.450. The molecule has 0 amide bonds. The Morgan fingerprint density at radius 2 is 2.31 bits per heavy atom. The fourth-order valence-corrected chi connectivity index (χ4v) is 1.53. The highest BCUT2D eigenvalue weighted by Crippen LogP contribution is 2.22. The van der Waals surface area contributed by atoms with Crippen LogP contribution in [0.15, 0.2) is 22.7 Å². The smallest absolute Gasteiger partial charge is 0.137 e. The summed E-state index contributed by atoms with van der Waals surface area (Å²) in [5, 5.41) is 8.78. The van der Waals surface area contributed by atoms with E-state index in [1.807, 2.05) is 6.92 Å². The van der Waals surface area contributed by atoms with E-state index in [0.717, 1.165) is 12.0 Å². The first-order valence-electron chi connectivity index (χ1n) is 4.03. The van der Waals surface area contributed by atoms with E-state index in [1.165, 1.54) is 6.07 Å². The van der Waals surface area contributed by atoms with E-state index >= 15 is 0 Å². The molecule has 0 aliphatic heterocycles. The maximum Gasteiger partial charge on any atom is 0.137 e. The number of nitrogens with one attached hydrogen (secondary N) is 1. The summed E-state index contributed by atoms with van der Waals surface area (Å²) in [4.78, 5) is 0. The van der Waals surface area contributed by atoms with E-state index in [2.05, 4.69) is 21.4 Å². The zero-order valence-electron chi connectivity index (χ0n) is 7.22. The molecule has 0 bridgehead atoms. The first kappa shape index (κ1) is 10.6. The van der Waals surface area contributed by atoms with Crippen molar-refractivity contribution < 1.29 is 9.60 Å². The van der Waals surface area contributed by atoms with E-state index in [-0.39, 0.29) is 11.9 Å². The van der Waals surface area contributed by atoms with Crippen molar-refractivity contribution in [3.05, 3.63) is 34.1 Å². The first-order chi connectivity index (χ1) is 6.19. The molecule has 0 aliphatic carbocycles. The van der Waals surface area contributed by atoms with Crippen LogP contribution >= 0.6 is 15.9 Å². The van der Waals surface area contributed by atoms with Crippen molar-refractivity contribution >= 4 is 15.9 Å². The number of rotatable bonds is 3. The molecular formula is C9H11BrFNO. The van der Waals surface area contributed by atoms with Gasteiger partial charge in [0.25, 0.3) is 0 Å². The van der Waals surface area contributed by atoms with E-state index in [4.69, 9.17) is 5.21 Å². The van der Waals surface area contributed by atoms with E-state index in [0.29, 0.717) is 4.47 Å². The summed E-state index contributed by atoms with van der Waals surface area (Å²) in [5.74, 6) is -0.295. The molecule has 0 unspecified atom stereocenters. The van der Waals surface area contributed by atoms with Gasteiger partial charge in [0, 0.05) is 0 Å². The van der Waals surface area contributed by atoms with Crippen molar-refractivity contribution in [1.82, 2.24) is 5.48 Å². The van der Waals surface area contributed by atoms with Gasteiger partial charge in [-0.1, -0.05) is 13.0 Å². The summed E-state index contributed by atoms with van der Waals surface area (Å²) < 4.78 is 13.3. The van der Waals surface area contributed by atoms with Gasteiger partial charge in [0.05, 0.1) is 10.5 Å². The van der Waals surface area contributed by atoms with E-state index in [1.54, 1.807) is 12.1 Å². The van der Waals surface area contributed by atoms with Gasteiger partial charge in [-0.05, 0) is 40.0 Å². The number of hydroxylamine groups is 1. The van der Waals surface area contributed by atoms with Gasteiger partial charge in [-0.2, -0.15) is 5.48 Å². The van der Waals surface area contributed by atoms with Crippen LogP contribution in [0, 0.1) is 5.82 Å². The Labute approximate surface area is 84.9 Å². The molecule has 0 fully saturated rings. The average molecular weight is 248 g/mol. The molecule has 4 heteroatoms. The van der Waals surface area contributed by atoms with Gasteiger partial charge >= 0.3 is 0 Å². The molecule has 1 rings (SSSR count). The van der Waals surface area contributed by atoms with Crippen LogP contribution in [0.3, 0.4) is 0 Å². The van der Waals surface area contributed by atoms with Crippen LogP contribution in [0.4, 0.5) is 4.39 Å². The zero-order valence-corrected chi connectivity index (χ0v) is 8.81. The summed E-state index contributed by atoms with van der Waals surface area (Å²) in [6.07, 6.45) is 0.745. The number of hydrogen-bond acceptors (Lipinski definition) is 2. The minimum atomic E-state index is -0.295. The highest BCUT2D eigenvalue weighted by atomic mass is 79.9. The van der Waals surface area contributed by atoms with Gasteiger partial charge < -0.3 is 5.21 Å². The summed E-state index contributed by atoms with van der Waals surface area (Å²) >= 11 is 3.09. The molecule has 0 heterocycles. The lowest BCUT2D eigenvalue weighted by Gasteiger charge is -2.13. The second-order valence-corrected chi connectivity index (χ2v) is 3.62. The highest BCUT2D eigenvalue weighted by Gasteiger charge is 2.09. The number of benzene rings is 1. The van der Waals surface area contributed by atoms with Crippen LogP contribution in [-0.2, 0) is 0 Å². The van der Waals surface area contributed by atoms with Crippen molar-refractivity contribution in [1.29, 1.82) is 0 Å². The van der Waals surface area contributed by atoms with Crippen LogP contribution in [0.2, 0.25) is 0 Å². The van der Waals surface area contributed by atoms with Crippen molar-refractivity contribution in [2.24, 2.45) is 0 Å². The maximum absolute atomic E-state index is 12.8. The predicted molar refractivity (Wildman–Crippen MR) is 52.1 cm³/mol. The molecule has 0 radical (unpaired) electrons. The van der Waals surface area contributed by atoms with Crippen LogP contribution in [0.25, 0.3) is 0 Å². The summed E-state index contributed by atoms with van der Waals surface area (Å²) in [5.41, 5.74) is 3.03. The van der Waals surface area contributed by atoms with Crippen LogP contribution in [-0.4, -0.2) is 5.21 Å². The molecule has 1 aromatic rings. The van der Waals surface area contributed by atoms with E-state index in [9.17, 15) is 4.39 Å². The summed E-state index contributed by atoms with van der Waals surface area (Å²) in [7, 11) is 0. The van der Waals surface area contributed by atoms with Crippen LogP contribution in [0.5, 0.6) is 0 Å². The van der Waals surface area contributed by atoms with Crippen LogP contribution in [0.1, 0.15) is 24.9 Å². The van der Waals surface area contributed by atoms with Gasteiger partial charge in [-0.15, -0.1) is 0 Å². The maximum atomic E-state index is 12.8. The topological polar surface area (TPSA) is 32.3 Å². The minimum absolute atomic E-state index is 0.142. The number of halogens is 2. The molecule has 0 aromatic heterocycles. The Bertz CT molecular complexity index is 289. The molecule has 0 spiro atoms. The lowest BCUT2D eigenvalue weighted by molar-refractivity contribution is 0.124.